The number of carboxylic acids is 1. The fraction of sp³-hybridized carbons (Fsp3) is 0.769. The lowest BCUT2D eigenvalue weighted by Crippen LogP contribution is -2.50. The molecule has 0 aliphatic rings. The van der Waals surface area contributed by atoms with Crippen molar-refractivity contribution < 1.29 is 38.2 Å². The molecule has 272 valence electrons. The smallest absolute Gasteiger partial charge is 0.362 e. The van der Waals surface area contributed by atoms with Gasteiger partial charge in [0.2, 0.25) is 0 Å². The third-order valence-corrected chi connectivity index (χ3v) is 8.09. The van der Waals surface area contributed by atoms with Crippen LogP contribution in [-0.4, -0.2) is 80.6 Å². The van der Waals surface area contributed by atoms with Crippen LogP contribution in [0.5, 0.6) is 0 Å². The van der Waals surface area contributed by atoms with Crippen molar-refractivity contribution in [2.24, 2.45) is 0 Å². The molecule has 2 unspecified atom stereocenters. The highest BCUT2D eigenvalue weighted by molar-refractivity contribution is 5.72. The van der Waals surface area contributed by atoms with E-state index in [0.717, 1.165) is 38.5 Å². The van der Waals surface area contributed by atoms with Crippen molar-refractivity contribution in [3.05, 3.63) is 36.5 Å². The molecule has 0 aromatic rings. The number of hydrogen-bond donors (Lipinski definition) is 1. The van der Waals surface area contributed by atoms with Crippen molar-refractivity contribution in [2.45, 2.75) is 154 Å². The summed E-state index contributed by atoms with van der Waals surface area (Å²) in [5, 5.41) is 9.56. The Morgan fingerprint density at radius 2 is 1.17 bits per heavy atom. The van der Waals surface area contributed by atoms with Gasteiger partial charge in [0.15, 0.2) is 12.1 Å². The topological polar surface area (TPSA) is 99.1 Å². The van der Waals surface area contributed by atoms with Crippen molar-refractivity contribution in [1.82, 2.24) is 0 Å². The number of carbonyl (C=O) groups excluding carboxylic acids is 2. The maximum atomic E-state index is 12.6. The summed E-state index contributed by atoms with van der Waals surface area (Å²) < 4.78 is 17.0. The quantitative estimate of drug-likeness (QED) is 0.0331. The normalized spacial score (nSPS) is 13.5. The van der Waals surface area contributed by atoms with Crippen LogP contribution in [0.15, 0.2) is 36.5 Å². The lowest BCUT2D eigenvalue weighted by Gasteiger charge is -2.31. The molecular weight excluding hydrogens is 594 g/mol. The number of allylic oxidation sites excluding steroid dienone is 5. The molecule has 0 aromatic heterocycles. The van der Waals surface area contributed by atoms with Gasteiger partial charge in [-0.05, 0) is 25.7 Å². The molecule has 8 heteroatoms. The second-order valence-corrected chi connectivity index (χ2v) is 13.5. The molecule has 1 N–H and O–H groups in total. The molecule has 8 nitrogen and oxygen atoms in total. The highest BCUT2D eigenvalue weighted by atomic mass is 16.6. The Morgan fingerprint density at radius 3 is 1.68 bits per heavy atom. The van der Waals surface area contributed by atoms with E-state index in [0.29, 0.717) is 12.8 Å². The van der Waals surface area contributed by atoms with E-state index in [1.165, 1.54) is 70.6 Å². The summed E-state index contributed by atoms with van der Waals surface area (Å²) >= 11 is 0. The van der Waals surface area contributed by atoms with Gasteiger partial charge < -0.3 is 23.8 Å². The van der Waals surface area contributed by atoms with Crippen molar-refractivity contribution in [1.29, 1.82) is 0 Å². The molecular formula is C39H70NO7+. The molecule has 0 aliphatic carbocycles. The number of ether oxygens (including phenoxy) is 3. The van der Waals surface area contributed by atoms with Gasteiger partial charge in [0.05, 0.1) is 40.8 Å². The molecule has 0 saturated carbocycles. The Morgan fingerprint density at radius 1 is 0.660 bits per heavy atom. The van der Waals surface area contributed by atoms with E-state index in [9.17, 15) is 19.5 Å². The predicted molar refractivity (Wildman–Crippen MR) is 192 cm³/mol. The number of nitrogens with zero attached hydrogens (tertiary/aromatic N) is 1. The summed E-state index contributed by atoms with van der Waals surface area (Å²) in [7, 11) is 5.49. The predicted octanol–water partition coefficient (Wildman–Crippen LogP) is 9.13. The SMILES string of the molecule is CC/C=C/C/C=C/C/C=C/CC(=O)OCC(COCCC(C(=O)O)[N+](C)(C)C)OC(=O)CCCCCCCCCCCCCCCC. The maximum Gasteiger partial charge on any atom is 0.362 e. The third kappa shape index (κ3) is 29.4. The summed E-state index contributed by atoms with van der Waals surface area (Å²) in [4.78, 5) is 36.6. The van der Waals surface area contributed by atoms with Gasteiger partial charge in [-0.3, -0.25) is 9.59 Å². The Hall–Kier alpha value is -2.45. The number of carboxylic acid groups (broad SMARTS) is 1. The number of unbranched alkanes of at least 4 members (excludes halogenated alkanes) is 13. The highest BCUT2D eigenvalue weighted by Crippen LogP contribution is 2.14. The minimum absolute atomic E-state index is 0.0361. The second kappa shape index (κ2) is 30.9. The van der Waals surface area contributed by atoms with Gasteiger partial charge >= 0.3 is 17.9 Å². The van der Waals surface area contributed by atoms with Gasteiger partial charge in [-0.25, -0.2) is 4.79 Å². The van der Waals surface area contributed by atoms with Crippen LogP contribution >= 0.6 is 0 Å². The van der Waals surface area contributed by atoms with Crippen LogP contribution in [0.1, 0.15) is 142 Å². The zero-order valence-corrected chi connectivity index (χ0v) is 30.7. The monoisotopic (exact) mass is 665 g/mol. The first-order valence-electron chi connectivity index (χ1n) is 18.5. The van der Waals surface area contributed by atoms with Crippen LogP contribution in [0.4, 0.5) is 0 Å². The van der Waals surface area contributed by atoms with E-state index < -0.39 is 24.1 Å². The second-order valence-electron chi connectivity index (χ2n) is 13.5. The van der Waals surface area contributed by atoms with Gasteiger partial charge in [-0.2, -0.15) is 0 Å². The van der Waals surface area contributed by atoms with E-state index in [2.05, 4.69) is 38.2 Å². The van der Waals surface area contributed by atoms with E-state index >= 15 is 0 Å². The molecule has 0 spiro atoms. The minimum atomic E-state index is -0.886. The molecule has 0 aliphatic heterocycles. The van der Waals surface area contributed by atoms with E-state index in [1.807, 2.05) is 27.2 Å². The Balaban J connectivity index is 4.48. The Kier molecular flexibility index (Phi) is 29.2. The number of esters is 2. The van der Waals surface area contributed by atoms with Crippen LogP contribution in [0.25, 0.3) is 0 Å². The molecule has 47 heavy (non-hydrogen) atoms. The summed E-state index contributed by atoms with van der Waals surface area (Å²) in [5.74, 6) is -1.62. The van der Waals surface area contributed by atoms with Crippen molar-refractivity contribution in [2.75, 3.05) is 41.0 Å². The van der Waals surface area contributed by atoms with Gasteiger partial charge in [-0.15, -0.1) is 0 Å². The average Bonchev–Trinajstić information content (AvgIpc) is 3.01. The molecule has 0 rings (SSSR count). The summed E-state index contributed by atoms with van der Waals surface area (Å²) in [5.41, 5.74) is 0. The standard InChI is InChI=1S/C39H69NO7/c1-6-8-10-12-14-16-17-18-19-20-22-24-26-28-30-38(42)47-35(33-45-32-31-36(39(43)44)40(3,4)5)34-46-37(41)29-27-25-23-21-15-13-11-9-7-2/h9,11,15,21,25,27,35-36H,6-8,10,12-14,16-20,22-24,26,28-34H2,1-5H3/p+1/b11-9+,21-15+,27-25+. The van der Waals surface area contributed by atoms with Gasteiger partial charge in [-0.1, -0.05) is 134 Å². The van der Waals surface area contributed by atoms with Crippen LogP contribution in [0.3, 0.4) is 0 Å². The number of likely N-dealkylation sites (N-methyl/N-ethyl adjacent to an activating group) is 1. The molecule has 0 fully saturated rings. The van der Waals surface area contributed by atoms with E-state index in [-0.39, 0.29) is 36.7 Å². The van der Waals surface area contributed by atoms with Crippen molar-refractivity contribution in [3.8, 4) is 0 Å². The Bertz CT molecular complexity index is 875. The number of aliphatic carboxylic acids is 1. The van der Waals surface area contributed by atoms with Crippen LogP contribution < -0.4 is 0 Å². The first kappa shape index (κ1) is 44.5. The van der Waals surface area contributed by atoms with E-state index in [1.54, 1.807) is 6.08 Å². The molecule has 0 aromatic carbocycles. The van der Waals surface area contributed by atoms with Gasteiger partial charge in [0.1, 0.15) is 6.61 Å². The lowest BCUT2D eigenvalue weighted by atomic mass is 10.0. The number of carbonyl (C=O) groups is 3. The summed E-state index contributed by atoms with van der Waals surface area (Å²) in [6.07, 6.45) is 32.2. The fourth-order valence-corrected chi connectivity index (χ4v) is 5.21. The molecule has 0 saturated heterocycles. The van der Waals surface area contributed by atoms with Gasteiger partial charge in [0.25, 0.3) is 0 Å². The average molecular weight is 665 g/mol. The number of hydrogen-bond acceptors (Lipinski definition) is 6. The molecule has 2 atom stereocenters. The first-order valence-corrected chi connectivity index (χ1v) is 18.5. The summed E-state index contributed by atoms with van der Waals surface area (Å²) in [6.45, 7) is 4.49. The van der Waals surface area contributed by atoms with Crippen LogP contribution in [0.2, 0.25) is 0 Å². The van der Waals surface area contributed by atoms with Crippen LogP contribution in [-0.2, 0) is 28.6 Å². The van der Waals surface area contributed by atoms with Gasteiger partial charge in [0, 0.05) is 12.8 Å². The number of quaternary nitrogens is 1. The van der Waals surface area contributed by atoms with E-state index in [4.69, 9.17) is 14.2 Å². The molecule has 0 bridgehead atoms. The first-order chi connectivity index (χ1) is 22.6. The zero-order chi connectivity index (χ0) is 35.0. The number of rotatable bonds is 32. The molecule has 0 heterocycles. The maximum absolute atomic E-state index is 12.6. The van der Waals surface area contributed by atoms with Crippen molar-refractivity contribution >= 4 is 17.9 Å². The Labute approximate surface area is 287 Å². The lowest BCUT2D eigenvalue weighted by molar-refractivity contribution is -0.887. The largest absolute Gasteiger partial charge is 0.477 e. The highest BCUT2D eigenvalue weighted by Gasteiger charge is 2.31. The minimum Gasteiger partial charge on any atom is -0.477 e. The zero-order valence-electron chi connectivity index (χ0n) is 30.7. The third-order valence-electron chi connectivity index (χ3n) is 8.09. The molecule has 0 radical (unpaired) electrons. The molecule has 0 amide bonds. The fourth-order valence-electron chi connectivity index (χ4n) is 5.21. The van der Waals surface area contributed by atoms with Crippen molar-refractivity contribution in [3.63, 3.8) is 0 Å². The van der Waals surface area contributed by atoms with Crippen LogP contribution in [0, 0.1) is 0 Å². The summed E-state index contributed by atoms with van der Waals surface area (Å²) in [6, 6.07) is -0.622.